The van der Waals surface area contributed by atoms with Crippen LogP contribution in [0.5, 0.6) is 0 Å². The zero-order chi connectivity index (χ0) is 20.7. The molecule has 0 heterocycles. The summed E-state index contributed by atoms with van der Waals surface area (Å²) in [5.41, 5.74) is 2.07. The standard InChI is InChI=1S/C22H28ClN3O2/c1-5-22(6-2,17-9-11-18(23)12-10-17)24-15-20(27)25-19-13-7-16(8-14-19)21(28)26(3)4/h7-14,24H,5-6,15H2,1-4H3,(H,25,27). The Bertz CT molecular complexity index is 798. The van der Waals surface area contributed by atoms with Crippen molar-refractivity contribution < 1.29 is 9.59 Å². The number of carbonyl (C=O) groups excluding carboxylic acids is 2. The lowest BCUT2D eigenvalue weighted by Crippen LogP contribution is -2.45. The number of amides is 2. The van der Waals surface area contributed by atoms with Crippen molar-refractivity contribution in [1.82, 2.24) is 10.2 Å². The van der Waals surface area contributed by atoms with E-state index in [1.54, 1.807) is 38.4 Å². The minimum absolute atomic E-state index is 0.0711. The van der Waals surface area contributed by atoms with Crippen LogP contribution in [0.1, 0.15) is 42.6 Å². The van der Waals surface area contributed by atoms with Crippen molar-refractivity contribution in [3.63, 3.8) is 0 Å². The fourth-order valence-corrected chi connectivity index (χ4v) is 3.31. The second-order valence-corrected chi connectivity index (χ2v) is 7.41. The molecule has 5 nitrogen and oxygen atoms in total. The van der Waals surface area contributed by atoms with Crippen molar-refractivity contribution in [2.45, 2.75) is 32.2 Å². The molecule has 0 saturated heterocycles. The summed E-state index contributed by atoms with van der Waals surface area (Å²) in [5.74, 6) is -0.204. The highest BCUT2D eigenvalue weighted by Crippen LogP contribution is 2.29. The largest absolute Gasteiger partial charge is 0.345 e. The molecule has 2 rings (SSSR count). The average molecular weight is 402 g/mol. The molecule has 0 radical (unpaired) electrons. The summed E-state index contributed by atoms with van der Waals surface area (Å²) in [5, 5.41) is 6.98. The van der Waals surface area contributed by atoms with Crippen molar-refractivity contribution in [1.29, 1.82) is 0 Å². The van der Waals surface area contributed by atoms with Gasteiger partial charge in [0.15, 0.2) is 0 Å². The minimum Gasteiger partial charge on any atom is -0.345 e. The fraction of sp³-hybridized carbons (Fsp3) is 0.364. The Hall–Kier alpha value is -2.37. The Morgan fingerprint density at radius 3 is 2.04 bits per heavy atom. The highest BCUT2D eigenvalue weighted by molar-refractivity contribution is 6.30. The van der Waals surface area contributed by atoms with Gasteiger partial charge < -0.3 is 10.2 Å². The Morgan fingerprint density at radius 1 is 0.964 bits per heavy atom. The molecular formula is C22H28ClN3O2. The van der Waals surface area contributed by atoms with Gasteiger partial charge in [-0.1, -0.05) is 37.6 Å². The Morgan fingerprint density at radius 2 is 1.54 bits per heavy atom. The third-order valence-electron chi connectivity index (χ3n) is 5.01. The smallest absolute Gasteiger partial charge is 0.253 e. The zero-order valence-corrected chi connectivity index (χ0v) is 17.6. The van der Waals surface area contributed by atoms with Crippen LogP contribution in [0.2, 0.25) is 5.02 Å². The first-order valence-electron chi connectivity index (χ1n) is 9.44. The molecule has 0 aromatic heterocycles. The SMILES string of the molecule is CCC(CC)(NCC(=O)Nc1ccc(C(=O)N(C)C)cc1)c1ccc(Cl)cc1. The minimum atomic E-state index is -0.288. The van der Waals surface area contributed by atoms with E-state index in [0.29, 0.717) is 16.3 Å². The maximum Gasteiger partial charge on any atom is 0.253 e. The summed E-state index contributed by atoms with van der Waals surface area (Å²) >= 11 is 6.01. The number of benzene rings is 2. The second-order valence-electron chi connectivity index (χ2n) is 6.97. The molecule has 0 aliphatic heterocycles. The highest BCUT2D eigenvalue weighted by Gasteiger charge is 2.28. The second kappa shape index (κ2) is 9.71. The number of hydrogen-bond acceptors (Lipinski definition) is 3. The lowest BCUT2D eigenvalue weighted by Gasteiger charge is -2.33. The predicted molar refractivity (Wildman–Crippen MR) is 115 cm³/mol. The van der Waals surface area contributed by atoms with Crippen LogP contribution in [-0.4, -0.2) is 37.4 Å². The number of halogens is 1. The van der Waals surface area contributed by atoms with Crippen molar-refractivity contribution in [2.24, 2.45) is 0 Å². The van der Waals surface area contributed by atoms with Gasteiger partial charge >= 0.3 is 0 Å². The van der Waals surface area contributed by atoms with E-state index in [-0.39, 0.29) is 23.9 Å². The van der Waals surface area contributed by atoms with E-state index in [1.165, 1.54) is 4.90 Å². The summed E-state index contributed by atoms with van der Waals surface area (Å²) in [4.78, 5) is 25.9. The van der Waals surface area contributed by atoms with E-state index in [9.17, 15) is 9.59 Å². The van der Waals surface area contributed by atoms with Crippen molar-refractivity contribution >= 4 is 29.1 Å². The van der Waals surface area contributed by atoms with Gasteiger partial charge in [0.05, 0.1) is 6.54 Å². The van der Waals surface area contributed by atoms with Crippen LogP contribution in [-0.2, 0) is 10.3 Å². The third-order valence-corrected chi connectivity index (χ3v) is 5.27. The van der Waals surface area contributed by atoms with E-state index < -0.39 is 0 Å². The molecule has 0 fully saturated rings. The highest BCUT2D eigenvalue weighted by atomic mass is 35.5. The molecule has 6 heteroatoms. The summed E-state index contributed by atoms with van der Waals surface area (Å²) in [7, 11) is 3.41. The quantitative estimate of drug-likeness (QED) is 0.693. The maximum absolute atomic E-state index is 12.4. The van der Waals surface area contributed by atoms with Crippen LogP contribution in [0.3, 0.4) is 0 Å². The molecule has 2 amide bonds. The first kappa shape index (κ1) is 21.9. The van der Waals surface area contributed by atoms with Crippen LogP contribution in [0.15, 0.2) is 48.5 Å². The van der Waals surface area contributed by atoms with E-state index >= 15 is 0 Å². The number of hydrogen-bond donors (Lipinski definition) is 2. The van der Waals surface area contributed by atoms with Crippen LogP contribution in [0, 0.1) is 0 Å². The number of nitrogens with zero attached hydrogens (tertiary/aromatic N) is 1. The van der Waals surface area contributed by atoms with Gasteiger partial charge in [-0.05, 0) is 54.8 Å². The monoisotopic (exact) mass is 401 g/mol. The van der Waals surface area contributed by atoms with E-state index in [1.807, 2.05) is 24.3 Å². The van der Waals surface area contributed by atoms with Crippen LogP contribution < -0.4 is 10.6 Å². The first-order chi connectivity index (χ1) is 13.3. The molecule has 150 valence electrons. The molecule has 0 saturated carbocycles. The Kier molecular flexibility index (Phi) is 7.61. The van der Waals surface area contributed by atoms with E-state index in [2.05, 4.69) is 24.5 Å². The normalized spacial score (nSPS) is 11.2. The van der Waals surface area contributed by atoms with Crippen LogP contribution >= 0.6 is 11.6 Å². The number of anilines is 1. The number of rotatable bonds is 8. The third kappa shape index (κ3) is 5.33. The van der Waals surface area contributed by atoms with Crippen LogP contribution in [0.4, 0.5) is 5.69 Å². The number of carbonyl (C=O) groups is 2. The van der Waals surface area contributed by atoms with Gasteiger partial charge in [-0.2, -0.15) is 0 Å². The molecule has 0 aliphatic carbocycles. The molecule has 0 spiro atoms. The van der Waals surface area contributed by atoms with Crippen LogP contribution in [0.25, 0.3) is 0 Å². The van der Waals surface area contributed by atoms with Gasteiger partial charge in [-0.15, -0.1) is 0 Å². The fourth-order valence-electron chi connectivity index (χ4n) is 3.19. The van der Waals surface area contributed by atoms with Gasteiger partial charge in [0, 0.05) is 35.9 Å². The molecule has 2 aromatic carbocycles. The van der Waals surface area contributed by atoms with E-state index in [0.717, 1.165) is 18.4 Å². The molecule has 2 N–H and O–H groups in total. The summed E-state index contributed by atoms with van der Waals surface area (Å²) in [6, 6.07) is 14.6. The van der Waals surface area contributed by atoms with Gasteiger partial charge in [0.25, 0.3) is 5.91 Å². The topological polar surface area (TPSA) is 61.4 Å². The molecule has 2 aromatic rings. The van der Waals surface area contributed by atoms with Gasteiger partial charge in [0.2, 0.25) is 5.91 Å². The van der Waals surface area contributed by atoms with Crippen molar-refractivity contribution in [3.8, 4) is 0 Å². The zero-order valence-electron chi connectivity index (χ0n) is 16.9. The van der Waals surface area contributed by atoms with Crippen molar-refractivity contribution in [2.75, 3.05) is 26.0 Å². The molecule has 0 atom stereocenters. The maximum atomic E-state index is 12.4. The predicted octanol–water partition coefficient (Wildman–Crippen LogP) is 4.29. The van der Waals surface area contributed by atoms with Gasteiger partial charge in [-0.25, -0.2) is 0 Å². The summed E-state index contributed by atoms with van der Waals surface area (Å²) < 4.78 is 0. The Labute approximate surface area is 172 Å². The molecule has 28 heavy (non-hydrogen) atoms. The first-order valence-corrected chi connectivity index (χ1v) is 9.81. The Balaban J connectivity index is 2.01. The average Bonchev–Trinajstić information content (AvgIpc) is 2.70. The van der Waals surface area contributed by atoms with Gasteiger partial charge in [-0.3, -0.25) is 14.9 Å². The lowest BCUT2D eigenvalue weighted by atomic mass is 9.84. The van der Waals surface area contributed by atoms with E-state index in [4.69, 9.17) is 11.6 Å². The molecular weight excluding hydrogens is 374 g/mol. The van der Waals surface area contributed by atoms with Gasteiger partial charge in [0.1, 0.15) is 0 Å². The molecule has 0 unspecified atom stereocenters. The summed E-state index contributed by atoms with van der Waals surface area (Å²) in [6.45, 7) is 4.38. The molecule has 0 aliphatic rings. The molecule has 0 bridgehead atoms. The van der Waals surface area contributed by atoms with Crippen molar-refractivity contribution in [3.05, 3.63) is 64.7 Å². The summed E-state index contributed by atoms with van der Waals surface area (Å²) in [6.07, 6.45) is 1.69. The number of nitrogens with one attached hydrogen (secondary N) is 2. The lowest BCUT2D eigenvalue weighted by molar-refractivity contribution is -0.115.